The summed E-state index contributed by atoms with van der Waals surface area (Å²) in [6, 6.07) is 13.3. The quantitative estimate of drug-likeness (QED) is 0.871. The topological polar surface area (TPSA) is 66.4 Å². The molecule has 0 saturated heterocycles. The fraction of sp³-hybridized carbons (Fsp3) is 0.400. The Morgan fingerprint density at radius 2 is 1.75 bits per heavy atom. The third-order valence-electron chi connectivity index (χ3n) is 4.85. The smallest absolute Gasteiger partial charge is 0.305 e. The molecule has 1 saturated carbocycles. The molecule has 2 aromatic carbocycles. The molecule has 0 radical (unpaired) electrons. The number of benzene rings is 2. The van der Waals surface area contributed by atoms with Crippen molar-refractivity contribution in [3.8, 4) is 0 Å². The summed E-state index contributed by atoms with van der Waals surface area (Å²) in [5, 5.41) is 14.4. The van der Waals surface area contributed by atoms with Crippen molar-refractivity contribution in [1.82, 2.24) is 5.32 Å². The molecule has 1 amide bonds. The largest absolute Gasteiger partial charge is 0.481 e. The Morgan fingerprint density at radius 1 is 1.04 bits per heavy atom. The molecule has 3 rings (SSSR count). The minimum Gasteiger partial charge on any atom is -0.481 e. The number of carboxylic acid groups (broad SMARTS) is 1. The maximum Gasteiger partial charge on any atom is 0.305 e. The molecule has 0 aromatic heterocycles. The molecule has 0 spiro atoms. The van der Waals surface area contributed by atoms with Gasteiger partial charge in [0, 0.05) is 5.92 Å². The monoisotopic (exact) mass is 325 g/mol. The molecule has 0 unspecified atom stereocenters. The number of fused-ring (bicyclic) bond motifs is 1. The minimum absolute atomic E-state index is 0.00545. The average molecular weight is 325 g/mol. The summed E-state index contributed by atoms with van der Waals surface area (Å²) in [5.74, 6) is -0.887. The van der Waals surface area contributed by atoms with Gasteiger partial charge in [0.25, 0.3) is 0 Å². The normalized spacial score (nSPS) is 16.7. The van der Waals surface area contributed by atoms with Crippen molar-refractivity contribution in [3.63, 3.8) is 0 Å². The van der Waals surface area contributed by atoms with Crippen molar-refractivity contribution in [2.45, 2.75) is 44.6 Å². The molecule has 2 aromatic rings. The van der Waals surface area contributed by atoms with E-state index < -0.39 is 12.0 Å². The van der Waals surface area contributed by atoms with Crippen LogP contribution in [0.15, 0.2) is 42.5 Å². The number of rotatable bonds is 5. The lowest BCUT2D eigenvalue weighted by Crippen LogP contribution is -2.35. The Hall–Kier alpha value is -2.36. The van der Waals surface area contributed by atoms with Crippen molar-refractivity contribution in [2.75, 3.05) is 0 Å². The van der Waals surface area contributed by atoms with Gasteiger partial charge in [0.15, 0.2) is 0 Å². The summed E-state index contributed by atoms with van der Waals surface area (Å²) >= 11 is 0. The lowest BCUT2D eigenvalue weighted by molar-refractivity contribution is -0.138. The molecule has 126 valence electrons. The standard InChI is InChI=1S/C20H23NO3/c22-19(23)13-18(21-20(24)15-7-2-1-3-8-15)17-11-10-14-6-4-5-9-16(14)12-17/h4-6,9-12,15,18H,1-3,7-8,13H2,(H,21,24)(H,22,23)/t18-/m0/s1. The molecular formula is C20H23NO3. The molecule has 4 nitrogen and oxygen atoms in total. The molecule has 2 N–H and O–H groups in total. The molecule has 1 aliphatic rings. The molecule has 0 aliphatic heterocycles. The summed E-state index contributed by atoms with van der Waals surface area (Å²) in [5.41, 5.74) is 0.847. The highest BCUT2D eigenvalue weighted by atomic mass is 16.4. The van der Waals surface area contributed by atoms with Crippen LogP contribution in [0.1, 0.15) is 50.1 Å². The van der Waals surface area contributed by atoms with Gasteiger partial charge in [-0.05, 0) is 35.2 Å². The number of hydrogen-bond acceptors (Lipinski definition) is 2. The predicted octanol–water partition coefficient (Wildman–Crippen LogP) is 4.05. The van der Waals surface area contributed by atoms with Crippen LogP contribution < -0.4 is 5.32 Å². The first-order valence-electron chi connectivity index (χ1n) is 8.64. The van der Waals surface area contributed by atoms with E-state index in [2.05, 4.69) is 5.32 Å². The average Bonchev–Trinajstić information content (AvgIpc) is 2.61. The highest BCUT2D eigenvalue weighted by molar-refractivity contribution is 5.84. The minimum atomic E-state index is -0.905. The fourth-order valence-electron chi connectivity index (χ4n) is 3.51. The molecule has 1 atom stereocenters. The van der Waals surface area contributed by atoms with Crippen LogP contribution in [0, 0.1) is 5.92 Å². The highest BCUT2D eigenvalue weighted by Gasteiger charge is 2.25. The van der Waals surface area contributed by atoms with E-state index in [1.54, 1.807) is 0 Å². The Labute approximate surface area is 141 Å². The van der Waals surface area contributed by atoms with Crippen LogP contribution in [-0.4, -0.2) is 17.0 Å². The number of amides is 1. The van der Waals surface area contributed by atoms with Crippen molar-refractivity contribution in [3.05, 3.63) is 48.0 Å². The van der Waals surface area contributed by atoms with E-state index in [0.717, 1.165) is 42.0 Å². The second-order valence-electron chi connectivity index (χ2n) is 6.60. The van der Waals surface area contributed by atoms with Gasteiger partial charge in [-0.1, -0.05) is 55.7 Å². The second-order valence-corrected chi connectivity index (χ2v) is 6.60. The number of nitrogens with one attached hydrogen (secondary N) is 1. The third kappa shape index (κ3) is 3.94. The Morgan fingerprint density at radius 3 is 2.46 bits per heavy atom. The lowest BCUT2D eigenvalue weighted by Gasteiger charge is -2.24. The van der Waals surface area contributed by atoms with E-state index in [9.17, 15) is 14.7 Å². The molecule has 0 bridgehead atoms. The van der Waals surface area contributed by atoms with Gasteiger partial charge in [-0.25, -0.2) is 0 Å². The summed E-state index contributed by atoms with van der Waals surface area (Å²) in [7, 11) is 0. The first-order chi connectivity index (χ1) is 11.6. The SMILES string of the molecule is O=C(O)C[C@H](NC(=O)C1CCCCC1)c1ccc2ccccc2c1. The summed E-state index contributed by atoms with van der Waals surface area (Å²) in [6.45, 7) is 0. The maximum atomic E-state index is 12.5. The van der Waals surface area contributed by atoms with E-state index >= 15 is 0 Å². The molecule has 0 heterocycles. The van der Waals surface area contributed by atoms with Crippen LogP contribution >= 0.6 is 0 Å². The first-order valence-corrected chi connectivity index (χ1v) is 8.64. The van der Waals surface area contributed by atoms with Crippen molar-refractivity contribution in [2.24, 2.45) is 5.92 Å². The van der Waals surface area contributed by atoms with Crippen molar-refractivity contribution < 1.29 is 14.7 Å². The van der Waals surface area contributed by atoms with Crippen molar-refractivity contribution >= 4 is 22.6 Å². The number of carbonyl (C=O) groups is 2. The predicted molar refractivity (Wildman–Crippen MR) is 93.7 cm³/mol. The Balaban J connectivity index is 1.81. The van der Waals surface area contributed by atoms with Crippen molar-refractivity contribution in [1.29, 1.82) is 0 Å². The molecular weight excluding hydrogens is 302 g/mol. The van der Waals surface area contributed by atoms with Gasteiger partial charge in [-0.3, -0.25) is 9.59 Å². The first kappa shape index (κ1) is 16.5. The Bertz CT molecular complexity index is 734. The number of carbonyl (C=O) groups excluding carboxylic acids is 1. The zero-order chi connectivity index (χ0) is 16.9. The lowest BCUT2D eigenvalue weighted by atomic mass is 9.88. The Kier molecular flexibility index (Phi) is 5.14. The van der Waals surface area contributed by atoms with Gasteiger partial charge in [-0.15, -0.1) is 0 Å². The van der Waals surface area contributed by atoms with Gasteiger partial charge >= 0.3 is 5.97 Å². The van der Waals surface area contributed by atoms with Gasteiger partial charge in [0.2, 0.25) is 5.91 Å². The number of aliphatic carboxylic acids is 1. The van der Waals surface area contributed by atoms with E-state index in [4.69, 9.17) is 0 Å². The van der Waals surface area contributed by atoms with Gasteiger partial charge < -0.3 is 10.4 Å². The van der Waals surface area contributed by atoms with E-state index in [1.165, 1.54) is 6.42 Å². The van der Waals surface area contributed by atoms with Crippen LogP contribution in [0.3, 0.4) is 0 Å². The zero-order valence-corrected chi connectivity index (χ0v) is 13.7. The van der Waals surface area contributed by atoms with Crippen LogP contribution in [0.2, 0.25) is 0 Å². The molecule has 24 heavy (non-hydrogen) atoms. The molecule has 1 aliphatic carbocycles. The highest BCUT2D eigenvalue weighted by Crippen LogP contribution is 2.27. The maximum absolute atomic E-state index is 12.5. The van der Waals surface area contributed by atoms with Gasteiger partial charge in [0.05, 0.1) is 12.5 Å². The van der Waals surface area contributed by atoms with E-state index in [1.807, 2.05) is 42.5 Å². The molecule has 1 fully saturated rings. The van der Waals surface area contributed by atoms with Gasteiger partial charge in [-0.2, -0.15) is 0 Å². The summed E-state index contributed by atoms with van der Waals surface area (Å²) in [4.78, 5) is 23.8. The zero-order valence-electron chi connectivity index (χ0n) is 13.7. The number of carboxylic acids is 1. The summed E-state index contributed by atoms with van der Waals surface area (Å²) in [6.07, 6.45) is 5.06. The molecule has 4 heteroatoms. The fourth-order valence-corrected chi connectivity index (χ4v) is 3.51. The summed E-state index contributed by atoms with van der Waals surface area (Å²) < 4.78 is 0. The second kappa shape index (κ2) is 7.47. The van der Waals surface area contributed by atoms with E-state index in [-0.39, 0.29) is 18.2 Å². The van der Waals surface area contributed by atoms with Gasteiger partial charge in [0.1, 0.15) is 0 Å². The van der Waals surface area contributed by atoms with Crippen LogP contribution in [-0.2, 0) is 9.59 Å². The van der Waals surface area contributed by atoms with Crippen LogP contribution in [0.4, 0.5) is 0 Å². The third-order valence-corrected chi connectivity index (χ3v) is 4.85. The van der Waals surface area contributed by atoms with Crippen LogP contribution in [0.5, 0.6) is 0 Å². The van der Waals surface area contributed by atoms with Crippen LogP contribution in [0.25, 0.3) is 10.8 Å². The van der Waals surface area contributed by atoms with E-state index in [0.29, 0.717) is 0 Å². The number of hydrogen-bond donors (Lipinski definition) is 2.